The Labute approximate surface area is 309 Å². The van der Waals surface area contributed by atoms with Crippen LogP contribution in [0.25, 0.3) is 0 Å². The van der Waals surface area contributed by atoms with Crippen molar-refractivity contribution in [3.63, 3.8) is 0 Å². The second kappa shape index (κ2) is 14.8. The molecule has 1 unspecified atom stereocenters. The summed E-state index contributed by atoms with van der Waals surface area (Å²) in [5.41, 5.74) is 4.23. The Hall–Kier alpha value is -4.30. The number of methoxy groups -OCH3 is 2. The standard InChI is InChI=1S/C39H47F2N5O6S/c1-24-10-14-31-26(17-24)8-6-16-39(31)22-45-19-28-11-13-29(28)33(50-3)9-5-7-25(2)21-53(49,43-35(47)27-12-15-34(52-23-39)32(45)18-27)44-36(48)30-20-46(38(40)41)42-37(30)51-4/h5,9-10,12,14-15,17-18,20,25,28-29,33,38H,6-8,11,13,16,19,21-23H2,1-4H3,(H,43,44,47,48,49)/b9-5+/t25-,28-,29+,33-,39-,53?/m0/s1. The zero-order valence-corrected chi connectivity index (χ0v) is 31.4. The van der Waals surface area contributed by atoms with Crippen molar-refractivity contribution in [3.05, 3.63) is 82.6 Å². The van der Waals surface area contributed by atoms with Crippen molar-refractivity contribution in [2.24, 2.45) is 22.1 Å². The number of amides is 2. The van der Waals surface area contributed by atoms with Gasteiger partial charge in [0.25, 0.3) is 11.8 Å². The lowest BCUT2D eigenvalue weighted by molar-refractivity contribution is 0.0131. The number of fused-ring (bicyclic) bond motifs is 4. The molecule has 0 radical (unpaired) electrons. The first kappa shape index (κ1) is 37.0. The molecule has 284 valence electrons. The topological polar surface area (TPSA) is 124 Å². The van der Waals surface area contributed by atoms with Gasteiger partial charge in [0, 0.05) is 37.4 Å². The van der Waals surface area contributed by atoms with Crippen LogP contribution in [0.4, 0.5) is 14.5 Å². The molecule has 1 aromatic heterocycles. The molecule has 2 aliphatic heterocycles. The zero-order chi connectivity index (χ0) is 37.5. The van der Waals surface area contributed by atoms with Gasteiger partial charge < -0.3 is 19.1 Å². The maximum Gasteiger partial charge on any atom is 0.333 e. The Balaban J connectivity index is 1.30. The predicted octanol–water partition coefficient (Wildman–Crippen LogP) is 6.66. The molecule has 53 heavy (non-hydrogen) atoms. The Morgan fingerprint density at radius 3 is 2.74 bits per heavy atom. The molecule has 2 aromatic carbocycles. The van der Waals surface area contributed by atoms with E-state index in [0.717, 1.165) is 50.5 Å². The molecule has 4 aliphatic rings. The van der Waals surface area contributed by atoms with Gasteiger partial charge in [0.15, 0.2) is 0 Å². The lowest BCUT2D eigenvalue weighted by atomic mass is 9.68. The third-order valence-electron chi connectivity index (χ3n) is 11.3. The highest BCUT2D eigenvalue weighted by Crippen LogP contribution is 2.47. The number of carbonyl (C=O) groups excluding carboxylic acids is 2. The molecule has 14 heteroatoms. The van der Waals surface area contributed by atoms with E-state index in [-0.39, 0.29) is 50.8 Å². The summed E-state index contributed by atoms with van der Waals surface area (Å²) in [6, 6.07) is 11.9. The number of nitrogens with one attached hydrogen (secondary N) is 1. The van der Waals surface area contributed by atoms with Crippen molar-refractivity contribution >= 4 is 27.4 Å². The number of carbonyl (C=O) groups is 2. The maximum absolute atomic E-state index is 14.6. The van der Waals surface area contributed by atoms with Crippen LogP contribution in [0.3, 0.4) is 0 Å². The fourth-order valence-corrected chi connectivity index (χ4v) is 10.4. The number of nitrogens with zero attached hydrogens (tertiary/aromatic N) is 4. The molecule has 6 atom stereocenters. The van der Waals surface area contributed by atoms with Gasteiger partial charge in [-0.05, 0) is 92.5 Å². The van der Waals surface area contributed by atoms with E-state index in [0.29, 0.717) is 31.2 Å². The number of hydrogen-bond acceptors (Lipinski definition) is 8. The Morgan fingerprint density at radius 2 is 2.00 bits per heavy atom. The second-order valence-corrected chi connectivity index (χ2v) is 17.1. The molecule has 1 spiro atoms. The minimum absolute atomic E-state index is 0.121. The highest BCUT2D eigenvalue weighted by Gasteiger charge is 2.44. The van der Waals surface area contributed by atoms with Gasteiger partial charge in [0.2, 0.25) is 5.88 Å². The van der Waals surface area contributed by atoms with Crippen LogP contribution in [0.2, 0.25) is 0 Å². The molecule has 1 N–H and O–H groups in total. The molecule has 3 heterocycles. The minimum atomic E-state index is -3.79. The summed E-state index contributed by atoms with van der Waals surface area (Å²) in [5, 5.41) is 3.60. The third kappa shape index (κ3) is 7.44. The monoisotopic (exact) mass is 751 g/mol. The van der Waals surface area contributed by atoms with Gasteiger partial charge in [-0.2, -0.15) is 8.78 Å². The molecule has 0 saturated heterocycles. The Morgan fingerprint density at radius 1 is 1.17 bits per heavy atom. The van der Waals surface area contributed by atoms with Gasteiger partial charge in [-0.25, -0.2) is 8.89 Å². The van der Waals surface area contributed by atoms with Crippen molar-refractivity contribution in [1.82, 2.24) is 14.5 Å². The third-order valence-corrected chi connectivity index (χ3v) is 13.3. The molecular formula is C39H47F2N5O6S. The molecule has 11 nitrogen and oxygen atoms in total. The summed E-state index contributed by atoms with van der Waals surface area (Å²) in [6.45, 7) is 2.86. The molecule has 2 amide bonds. The summed E-state index contributed by atoms with van der Waals surface area (Å²) in [7, 11) is -0.884. The van der Waals surface area contributed by atoms with Crippen LogP contribution in [-0.2, 0) is 26.5 Å². The second-order valence-electron chi connectivity index (χ2n) is 15.1. The number of rotatable bonds is 5. The van der Waals surface area contributed by atoms with Gasteiger partial charge in [0.1, 0.15) is 21.2 Å². The molecule has 2 bridgehead atoms. The van der Waals surface area contributed by atoms with Crippen molar-refractivity contribution in [3.8, 4) is 11.6 Å². The fourth-order valence-electron chi connectivity index (χ4n) is 8.51. The normalized spacial score (nSPS) is 29.2. The fraction of sp³-hybridized carbons (Fsp3) is 0.513. The number of hydrogen-bond donors (Lipinski definition) is 1. The van der Waals surface area contributed by atoms with Gasteiger partial charge >= 0.3 is 6.55 Å². The molecular weight excluding hydrogens is 705 g/mol. The molecule has 1 fully saturated rings. The SMILES string of the molecule is COc1nn(C(F)F)cc1C(=O)NS1(=O)=NC(=O)c2ccc3c(c2)N(C[C@@H]2CC[C@H]2[C@@H](OC)/C=C/C[C@H](C)C1)C[C@@]1(CCCc2cc(C)ccc21)CO3. The van der Waals surface area contributed by atoms with Crippen LogP contribution >= 0.6 is 0 Å². The minimum Gasteiger partial charge on any atom is -0.490 e. The predicted molar refractivity (Wildman–Crippen MR) is 197 cm³/mol. The van der Waals surface area contributed by atoms with Crippen LogP contribution < -0.4 is 19.1 Å². The number of anilines is 1. The van der Waals surface area contributed by atoms with Crippen molar-refractivity contribution in [1.29, 1.82) is 0 Å². The summed E-state index contributed by atoms with van der Waals surface area (Å²) in [5.74, 6) is -1.33. The van der Waals surface area contributed by atoms with E-state index in [1.807, 2.05) is 13.0 Å². The average molecular weight is 752 g/mol. The number of halogens is 2. The first-order valence-electron chi connectivity index (χ1n) is 18.2. The molecule has 1 saturated carbocycles. The van der Waals surface area contributed by atoms with Crippen LogP contribution in [0.1, 0.15) is 83.0 Å². The van der Waals surface area contributed by atoms with Crippen molar-refractivity contribution < 1.29 is 36.8 Å². The average Bonchev–Trinajstić information content (AvgIpc) is 3.50. The van der Waals surface area contributed by atoms with E-state index in [2.05, 4.69) is 50.3 Å². The molecule has 7 rings (SSSR count). The van der Waals surface area contributed by atoms with Gasteiger partial charge in [0.05, 0.1) is 31.3 Å². The largest absolute Gasteiger partial charge is 0.490 e. The first-order chi connectivity index (χ1) is 25.4. The zero-order valence-electron chi connectivity index (χ0n) is 30.6. The van der Waals surface area contributed by atoms with E-state index in [1.165, 1.54) is 23.8 Å². The number of benzene rings is 2. The van der Waals surface area contributed by atoms with Crippen molar-refractivity contribution in [2.45, 2.75) is 70.4 Å². The summed E-state index contributed by atoms with van der Waals surface area (Å²) in [4.78, 5) is 29.8. The summed E-state index contributed by atoms with van der Waals surface area (Å²) < 4.78 is 66.0. The van der Waals surface area contributed by atoms with Gasteiger partial charge in [-0.1, -0.05) is 42.8 Å². The lowest BCUT2D eigenvalue weighted by Gasteiger charge is -2.46. The summed E-state index contributed by atoms with van der Waals surface area (Å²) in [6.07, 6.45) is 10.3. The van der Waals surface area contributed by atoms with E-state index in [4.69, 9.17) is 14.2 Å². The Bertz CT molecular complexity index is 2040. The van der Waals surface area contributed by atoms with Crippen LogP contribution in [0, 0.1) is 24.7 Å². The highest BCUT2D eigenvalue weighted by molar-refractivity contribution is 7.92. The number of alkyl halides is 2. The first-order valence-corrected chi connectivity index (χ1v) is 19.9. The highest BCUT2D eigenvalue weighted by atomic mass is 32.2. The van der Waals surface area contributed by atoms with Gasteiger partial charge in [-0.3, -0.25) is 14.3 Å². The molecule has 2 aliphatic carbocycles. The lowest BCUT2D eigenvalue weighted by Crippen LogP contribution is -2.49. The van der Waals surface area contributed by atoms with Crippen LogP contribution in [0.15, 0.2) is 59.1 Å². The number of allylic oxidation sites excluding steroid dienone is 1. The number of aromatic nitrogens is 2. The van der Waals surface area contributed by atoms with E-state index in [9.17, 15) is 22.6 Å². The van der Waals surface area contributed by atoms with Crippen molar-refractivity contribution in [2.75, 3.05) is 44.6 Å². The van der Waals surface area contributed by atoms with Crippen LogP contribution in [0.5, 0.6) is 11.6 Å². The van der Waals surface area contributed by atoms with E-state index in [1.54, 1.807) is 25.3 Å². The van der Waals surface area contributed by atoms with Gasteiger partial charge in [-0.15, -0.1) is 9.46 Å². The summed E-state index contributed by atoms with van der Waals surface area (Å²) >= 11 is 0. The Kier molecular flexibility index (Phi) is 10.4. The van der Waals surface area contributed by atoms with E-state index >= 15 is 0 Å². The van der Waals surface area contributed by atoms with Crippen LogP contribution in [-0.4, -0.2) is 71.6 Å². The molecule has 3 aromatic rings. The number of ether oxygens (including phenoxy) is 3. The quantitative estimate of drug-likeness (QED) is 0.287. The number of aryl methyl sites for hydroxylation is 2. The van der Waals surface area contributed by atoms with E-state index < -0.39 is 28.3 Å². The smallest absolute Gasteiger partial charge is 0.333 e. The maximum atomic E-state index is 14.6.